The Hall–Kier alpha value is -1.84. The fourth-order valence-electron chi connectivity index (χ4n) is 3.27. The van der Waals surface area contributed by atoms with Gasteiger partial charge in [0.25, 0.3) is 5.56 Å². The number of aromatic amines is 1. The second-order valence-corrected chi connectivity index (χ2v) is 8.27. The summed E-state index contributed by atoms with van der Waals surface area (Å²) in [6.45, 7) is 10.2. The number of rotatable bonds is 6. The molecule has 0 bridgehead atoms. The van der Waals surface area contributed by atoms with Gasteiger partial charge in [0, 0.05) is 23.3 Å². The van der Waals surface area contributed by atoms with Gasteiger partial charge in [-0.25, -0.2) is 4.98 Å². The first-order chi connectivity index (χ1) is 12.8. The van der Waals surface area contributed by atoms with Gasteiger partial charge in [0.2, 0.25) is 0 Å². The molecule has 27 heavy (non-hydrogen) atoms. The van der Waals surface area contributed by atoms with E-state index in [2.05, 4.69) is 24.6 Å². The van der Waals surface area contributed by atoms with Crippen molar-refractivity contribution in [3.05, 3.63) is 85.5 Å². The molecule has 1 saturated carbocycles. The lowest BCUT2D eigenvalue weighted by Gasteiger charge is -2.28. The highest BCUT2D eigenvalue weighted by Crippen LogP contribution is 2.40. The van der Waals surface area contributed by atoms with Crippen LogP contribution in [0.5, 0.6) is 0 Å². The molecule has 1 heterocycles. The molecule has 142 valence electrons. The van der Waals surface area contributed by atoms with Crippen LogP contribution >= 0.6 is 23.2 Å². The third-order valence-corrected chi connectivity index (χ3v) is 5.98. The number of benzene rings is 1. The summed E-state index contributed by atoms with van der Waals surface area (Å²) in [5.41, 5.74) is 2.66. The van der Waals surface area contributed by atoms with E-state index in [-0.39, 0.29) is 5.56 Å². The average molecular weight is 403 g/mol. The Kier molecular flexibility index (Phi) is 5.64. The number of halogens is 2. The van der Waals surface area contributed by atoms with Gasteiger partial charge in [0.1, 0.15) is 5.82 Å². The zero-order valence-corrected chi connectivity index (χ0v) is 17.4. The van der Waals surface area contributed by atoms with Crippen LogP contribution in [0.4, 0.5) is 0 Å². The molecule has 3 rings (SSSR count). The molecule has 0 amide bonds. The molecule has 0 radical (unpaired) electrons. The van der Waals surface area contributed by atoms with Crippen LogP contribution in [0.25, 0.3) is 0 Å². The van der Waals surface area contributed by atoms with Crippen LogP contribution < -0.4 is 5.56 Å². The van der Waals surface area contributed by atoms with Gasteiger partial charge >= 0.3 is 0 Å². The van der Waals surface area contributed by atoms with Gasteiger partial charge in [0.15, 0.2) is 0 Å². The molecule has 1 N–H and O–H groups in total. The lowest BCUT2D eigenvalue weighted by Crippen LogP contribution is -2.30. The minimum Gasteiger partial charge on any atom is -0.310 e. The molecular formula is C22H24Cl2N2O. The second kappa shape index (κ2) is 7.65. The molecule has 1 fully saturated rings. The average Bonchev–Trinajstić information content (AvgIpc) is 3.44. The minimum atomic E-state index is -0.516. The monoisotopic (exact) mass is 402 g/mol. The summed E-state index contributed by atoms with van der Waals surface area (Å²) in [4.78, 5) is 20.9. The molecule has 3 nitrogen and oxygen atoms in total. The molecule has 1 aliphatic rings. The molecule has 1 atom stereocenters. The number of allylic oxidation sites excluding steroid dienone is 3. The predicted octanol–water partition coefficient (Wildman–Crippen LogP) is 5.95. The quantitative estimate of drug-likeness (QED) is 0.606. The number of nitrogens with zero attached hydrogens (tertiary/aromatic N) is 1. The van der Waals surface area contributed by atoms with Gasteiger partial charge in [0.05, 0.1) is 15.7 Å². The highest BCUT2D eigenvalue weighted by atomic mass is 35.5. The predicted molar refractivity (Wildman–Crippen MR) is 113 cm³/mol. The topological polar surface area (TPSA) is 45.8 Å². The largest absolute Gasteiger partial charge is 0.310 e. The standard InChI is InChI=1S/C22H24Cl2N2O/c1-5-10-22(4,13(2)3)19-16(11-14-6-9-17(23)18(24)12-14)21(27)26-20(25-19)15-7-8-15/h5-6,9-10,12,15H,2,7-8,11H2,1,3-4H3,(H,25,26,27). The zero-order valence-electron chi connectivity index (χ0n) is 15.9. The van der Waals surface area contributed by atoms with Crippen molar-refractivity contribution in [1.29, 1.82) is 0 Å². The van der Waals surface area contributed by atoms with E-state index in [0.29, 0.717) is 27.9 Å². The van der Waals surface area contributed by atoms with Crippen LogP contribution in [0.1, 0.15) is 62.2 Å². The van der Waals surface area contributed by atoms with Gasteiger partial charge in [-0.1, -0.05) is 53.6 Å². The normalized spacial score (nSPS) is 16.5. The first-order valence-corrected chi connectivity index (χ1v) is 9.89. The van der Waals surface area contributed by atoms with Crippen molar-refractivity contribution < 1.29 is 0 Å². The first-order valence-electron chi connectivity index (χ1n) is 9.13. The van der Waals surface area contributed by atoms with E-state index in [1.54, 1.807) is 12.1 Å². The number of hydrogen-bond acceptors (Lipinski definition) is 2. The molecule has 0 aliphatic heterocycles. The maximum Gasteiger partial charge on any atom is 0.254 e. The summed E-state index contributed by atoms with van der Waals surface area (Å²) in [5.74, 6) is 1.14. The summed E-state index contributed by atoms with van der Waals surface area (Å²) in [6, 6.07) is 5.44. The van der Waals surface area contributed by atoms with Crippen LogP contribution in [0, 0.1) is 0 Å². The van der Waals surface area contributed by atoms with Crippen molar-refractivity contribution in [2.45, 2.75) is 51.4 Å². The van der Waals surface area contributed by atoms with E-state index in [1.165, 1.54) is 0 Å². The Balaban J connectivity index is 2.18. The lowest BCUT2D eigenvalue weighted by molar-refractivity contribution is 0.647. The van der Waals surface area contributed by atoms with Gasteiger partial charge < -0.3 is 4.98 Å². The SMILES string of the molecule is C=C(C)C(C)(C=CC)c1nc(C2CC2)[nH]c(=O)c1Cc1ccc(Cl)c(Cl)c1. The summed E-state index contributed by atoms with van der Waals surface area (Å²) >= 11 is 12.2. The Morgan fingerprint density at radius 1 is 1.37 bits per heavy atom. The molecule has 0 saturated heterocycles. The Morgan fingerprint density at radius 2 is 2.07 bits per heavy atom. The van der Waals surface area contributed by atoms with Crippen molar-refractivity contribution in [2.75, 3.05) is 0 Å². The number of aromatic nitrogens is 2. The number of hydrogen-bond donors (Lipinski definition) is 1. The summed E-state index contributed by atoms with van der Waals surface area (Å²) in [5, 5.41) is 0.975. The maximum atomic E-state index is 13.0. The highest BCUT2D eigenvalue weighted by Gasteiger charge is 2.34. The zero-order chi connectivity index (χ0) is 19.8. The summed E-state index contributed by atoms with van der Waals surface area (Å²) in [6.07, 6.45) is 6.62. The van der Waals surface area contributed by atoms with Crippen LogP contribution in [-0.2, 0) is 11.8 Å². The van der Waals surface area contributed by atoms with Crippen molar-refractivity contribution in [1.82, 2.24) is 9.97 Å². The lowest BCUT2D eigenvalue weighted by atomic mass is 9.77. The molecule has 0 spiro atoms. The minimum absolute atomic E-state index is 0.0926. The van der Waals surface area contributed by atoms with Crippen LogP contribution in [0.2, 0.25) is 10.0 Å². The van der Waals surface area contributed by atoms with E-state index in [0.717, 1.165) is 35.5 Å². The van der Waals surface area contributed by atoms with Crippen molar-refractivity contribution in [3.8, 4) is 0 Å². The van der Waals surface area contributed by atoms with E-state index in [1.807, 2.05) is 26.0 Å². The fourth-order valence-corrected chi connectivity index (χ4v) is 3.59. The number of H-pyrrole nitrogens is 1. The van der Waals surface area contributed by atoms with E-state index < -0.39 is 5.41 Å². The smallest absolute Gasteiger partial charge is 0.254 e. The van der Waals surface area contributed by atoms with Crippen LogP contribution in [-0.4, -0.2) is 9.97 Å². The van der Waals surface area contributed by atoms with Crippen LogP contribution in [0.15, 0.2) is 47.3 Å². The highest BCUT2D eigenvalue weighted by molar-refractivity contribution is 6.42. The van der Waals surface area contributed by atoms with Gasteiger partial charge in [-0.15, -0.1) is 0 Å². The Morgan fingerprint density at radius 3 is 2.63 bits per heavy atom. The van der Waals surface area contributed by atoms with Gasteiger partial charge in [-0.2, -0.15) is 0 Å². The van der Waals surface area contributed by atoms with Crippen molar-refractivity contribution in [3.63, 3.8) is 0 Å². The molecule has 1 unspecified atom stereocenters. The maximum absolute atomic E-state index is 13.0. The van der Waals surface area contributed by atoms with Crippen LogP contribution in [0.3, 0.4) is 0 Å². The van der Waals surface area contributed by atoms with E-state index >= 15 is 0 Å². The first kappa shape index (κ1) is 19.9. The molecule has 2 aromatic rings. The van der Waals surface area contributed by atoms with E-state index in [4.69, 9.17) is 28.2 Å². The van der Waals surface area contributed by atoms with Gasteiger partial charge in [-0.05, 0) is 51.3 Å². The number of nitrogens with one attached hydrogen (secondary N) is 1. The third-order valence-electron chi connectivity index (χ3n) is 5.24. The third kappa shape index (κ3) is 4.04. The molecule has 5 heteroatoms. The molecule has 1 aliphatic carbocycles. The summed E-state index contributed by atoms with van der Waals surface area (Å²) in [7, 11) is 0. The van der Waals surface area contributed by atoms with Crippen molar-refractivity contribution >= 4 is 23.2 Å². The molecule has 1 aromatic carbocycles. The second-order valence-electron chi connectivity index (χ2n) is 7.46. The van der Waals surface area contributed by atoms with E-state index in [9.17, 15) is 4.79 Å². The Bertz CT molecular complexity index is 973. The molecular weight excluding hydrogens is 379 g/mol. The fraction of sp³-hybridized carbons (Fsp3) is 0.364. The van der Waals surface area contributed by atoms with Crippen molar-refractivity contribution in [2.24, 2.45) is 0 Å². The van der Waals surface area contributed by atoms with Gasteiger partial charge in [-0.3, -0.25) is 4.79 Å². The summed E-state index contributed by atoms with van der Waals surface area (Å²) < 4.78 is 0. The molecule has 1 aromatic heterocycles. The Labute approximate surface area is 170 Å².